The minimum Gasteiger partial charge on any atom is -0.438 e. The van der Waals surface area contributed by atoms with Crippen LogP contribution >= 0.6 is 11.6 Å². The summed E-state index contributed by atoms with van der Waals surface area (Å²) in [6.45, 7) is 3.80. The molecule has 3 aromatic rings. The van der Waals surface area contributed by atoms with Gasteiger partial charge >= 0.3 is 0 Å². The molecule has 0 fully saturated rings. The number of benzene rings is 1. The zero-order chi connectivity index (χ0) is 14.8. The smallest absolute Gasteiger partial charge is 0.256 e. The highest BCUT2D eigenvalue weighted by atomic mass is 35.5. The van der Waals surface area contributed by atoms with Crippen molar-refractivity contribution in [1.29, 1.82) is 0 Å². The van der Waals surface area contributed by atoms with E-state index in [0.717, 1.165) is 11.3 Å². The number of para-hydroxylation sites is 1. The normalized spacial score (nSPS) is 11.4. The standard InChI is InChI=1S/C15H13ClN4O/c1-3-6-11-7-4-5-8-12(11)21-14-10(2)13(16)19-15-17-9-18-20(14)15/h3-9H,1-2H3/b6-3+. The van der Waals surface area contributed by atoms with Gasteiger partial charge in [-0.3, -0.25) is 0 Å². The lowest BCUT2D eigenvalue weighted by molar-refractivity contribution is 0.441. The summed E-state index contributed by atoms with van der Waals surface area (Å²) in [6.07, 6.45) is 5.36. The van der Waals surface area contributed by atoms with Crippen molar-refractivity contribution in [3.05, 3.63) is 52.9 Å². The monoisotopic (exact) mass is 300 g/mol. The average molecular weight is 301 g/mol. The topological polar surface area (TPSA) is 52.3 Å². The van der Waals surface area contributed by atoms with Gasteiger partial charge in [0.05, 0.1) is 0 Å². The SMILES string of the molecule is C/C=C/c1ccccc1Oc1c(C)c(Cl)nc2ncnn12. The quantitative estimate of drug-likeness (QED) is 0.688. The summed E-state index contributed by atoms with van der Waals surface area (Å²) in [4.78, 5) is 8.20. The van der Waals surface area contributed by atoms with Gasteiger partial charge in [0.2, 0.25) is 5.88 Å². The molecule has 0 atom stereocenters. The summed E-state index contributed by atoms with van der Waals surface area (Å²) in [7, 11) is 0. The Kier molecular flexibility index (Phi) is 3.58. The number of nitrogens with zero attached hydrogens (tertiary/aromatic N) is 4. The molecule has 106 valence electrons. The van der Waals surface area contributed by atoms with E-state index in [0.29, 0.717) is 22.4 Å². The lowest BCUT2D eigenvalue weighted by atomic mass is 10.2. The number of fused-ring (bicyclic) bond motifs is 1. The first kappa shape index (κ1) is 13.6. The van der Waals surface area contributed by atoms with Gasteiger partial charge in [0, 0.05) is 11.1 Å². The summed E-state index contributed by atoms with van der Waals surface area (Å²) >= 11 is 6.13. The van der Waals surface area contributed by atoms with Crippen molar-refractivity contribution in [3.8, 4) is 11.6 Å². The Morgan fingerprint density at radius 3 is 2.90 bits per heavy atom. The van der Waals surface area contributed by atoms with Crippen LogP contribution in [-0.2, 0) is 0 Å². The number of allylic oxidation sites excluding steroid dienone is 1. The fraction of sp³-hybridized carbons (Fsp3) is 0.133. The molecule has 0 saturated heterocycles. The van der Waals surface area contributed by atoms with Crippen molar-refractivity contribution in [2.45, 2.75) is 13.8 Å². The second kappa shape index (κ2) is 5.54. The molecule has 21 heavy (non-hydrogen) atoms. The molecule has 0 aliphatic rings. The van der Waals surface area contributed by atoms with Gasteiger partial charge in [-0.15, -0.1) is 0 Å². The molecule has 0 amide bonds. The molecule has 6 heteroatoms. The van der Waals surface area contributed by atoms with Gasteiger partial charge in [-0.2, -0.15) is 19.6 Å². The number of hydrogen-bond acceptors (Lipinski definition) is 4. The van der Waals surface area contributed by atoms with Crippen molar-refractivity contribution in [1.82, 2.24) is 19.6 Å². The molecule has 2 aromatic heterocycles. The van der Waals surface area contributed by atoms with Crippen molar-refractivity contribution >= 4 is 23.5 Å². The van der Waals surface area contributed by atoms with E-state index in [-0.39, 0.29) is 0 Å². The highest BCUT2D eigenvalue weighted by molar-refractivity contribution is 6.30. The predicted octanol–water partition coefficient (Wildman–Crippen LogP) is 3.91. The first-order valence-corrected chi connectivity index (χ1v) is 6.84. The molecule has 0 aliphatic carbocycles. The van der Waals surface area contributed by atoms with Crippen LogP contribution < -0.4 is 4.74 Å². The van der Waals surface area contributed by atoms with Crippen LogP contribution in [0.5, 0.6) is 11.6 Å². The van der Waals surface area contributed by atoms with E-state index in [9.17, 15) is 0 Å². The summed E-state index contributed by atoms with van der Waals surface area (Å²) in [5.74, 6) is 1.64. The van der Waals surface area contributed by atoms with E-state index in [2.05, 4.69) is 15.1 Å². The molecular weight excluding hydrogens is 288 g/mol. The van der Waals surface area contributed by atoms with Crippen LogP contribution in [0.2, 0.25) is 5.15 Å². The Morgan fingerprint density at radius 2 is 2.10 bits per heavy atom. The van der Waals surface area contributed by atoms with E-state index in [4.69, 9.17) is 16.3 Å². The lowest BCUT2D eigenvalue weighted by Gasteiger charge is -2.12. The van der Waals surface area contributed by atoms with Gasteiger partial charge in [-0.1, -0.05) is 42.0 Å². The summed E-state index contributed by atoms with van der Waals surface area (Å²) < 4.78 is 7.57. The minimum absolute atomic E-state index is 0.356. The Bertz CT molecular complexity index is 826. The molecule has 1 aromatic carbocycles. The van der Waals surface area contributed by atoms with Crippen LogP contribution in [0.1, 0.15) is 18.1 Å². The highest BCUT2D eigenvalue weighted by Gasteiger charge is 2.15. The average Bonchev–Trinajstić information content (AvgIpc) is 2.93. The third-order valence-corrected chi connectivity index (χ3v) is 3.39. The van der Waals surface area contributed by atoms with Gasteiger partial charge in [-0.25, -0.2) is 0 Å². The molecular formula is C15H13ClN4O. The van der Waals surface area contributed by atoms with Crippen LogP contribution in [-0.4, -0.2) is 19.6 Å². The second-order valence-corrected chi connectivity index (χ2v) is 4.80. The van der Waals surface area contributed by atoms with Crippen LogP contribution in [0.15, 0.2) is 36.7 Å². The molecule has 0 spiro atoms. The maximum Gasteiger partial charge on any atom is 0.256 e. The maximum absolute atomic E-state index is 6.13. The van der Waals surface area contributed by atoms with Gasteiger partial charge < -0.3 is 4.74 Å². The van der Waals surface area contributed by atoms with Gasteiger partial charge in [-0.05, 0) is 19.9 Å². The van der Waals surface area contributed by atoms with Crippen molar-refractivity contribution < 1.29 is 4.74 Å². The molecule has 0 radical (unpaired) electrons. The number of halogens is 1. The summed E-state index contributed by atoms with van der Waals surface area (Å²) in [5.41, 5.74) is 1.69. The molecule has 0 aliphatic heterocycles. The Hall–Kier alpha value is -2.40. The van der Waals surface area contributed by atoms with E-state index in [1.165, 1.54) is 10.8 Å². The Morgan fingerprint density at radius 1 is 1.29 bits per heavy atom. The minimum atomic E-state index is 0.356. The second-order valence-electron chi connectivity index (χ2n) is 4.44. The number of rotatable bonds is 3. The van der Waals surface area contributed by atoms with Crippen LogP contribution in [0.4, 0.5) is 0 Å². The molecule has 0 bridgehead atoms. The molecule has 0 saturated carbocycles. The van der Waals surface area contributed by atoms with Gasteiger partial charge in [0.25, 0.3) is 5.78 Å². The van der Waals surface area contributed by atoms with E-state index in [1.807, 2.05) is 50.3 Å². The third-order valence-electron chi connectivity index (χ3n) is 3.02. The zero-order valence-corrected chi connectivity index (χ0v) is 12.4. The summed E-state index contributed by atoms with van der Waals surface area (Å²) in [5, 5.41) is 4.49. The van der Waals surface area contributed by atoms with Crippen LogP contribution in [0.25, 0.3) is 11.9 Å². The summed E-state index contributed by atoms with van der Waals surface area (Å²) in [6, 6.07) is 7.75. The molecule has 5 nitrogen and oxygen atoms in total. The van der Waals surface area contributed by atoms with E-state index >= 15 is 0 Å². The van der Waals surface area contributed by atoms with Crippen LogP contribution in [0, 0.1) is 6.92 Å². The maximum atomic E-state index is 6.13. The fourth-order valence-electron chi connectivity index (χ4n) is 1.99. The zero-order valence-electron chi connectivity index (χ0n) is 11.6. The predicted molar refractivity (Wildman–Crippen MR) is 81.8 cm³/mol. The van der Waals surface area contributed by atoms with E-state index < -0.39 is 0 Å². The van der Waals surface area contributed by atoms with Crippen molar-refractivity contribution in [3.63, 3.8) is 0 Å². The molecule has 0 N–H and O–H groups in total. The largest absolute Gasteiger partial charge is 0.438 e. The molecule has 2 heterocycles. The molecule has 0 unspecified atom stereocenters. The Balaban J connectivity index is 2.14. The lowest BCUT2D eigenvalue weighted by Crippen LogP contribution is -2.02. The number of aromatic nitrogens is 4. The van der Waals surface area contributed by atoms with Gasteiger partial charge in [0.15, 0.2) is 0 Å². The first-order chi connectivity index (χ1) is 10.2. The highest BCUT2D eigenvalue weighted by Crippen LogP contribution is 2.31. The Labute approximate surface area is 126 Å². The molecule has 3 rings (SSSR count). The third kappa shape index (κ3) is 2.48. The fourth-order valence-corrected chi connectivity index (χ4v) is 2.14. The van der Waals surface area contributed by atoms with Crippen molar-refractivity contribution in [2.75, 3.05) is 0 Å². The number of ether oxygens (including phenoxy) is 1. The first-order valence-electron chi connectivity index (χ1n) is 6.46. The van der Waals surface area contributed by atoms with E-state index in [1.54, 1.807) is 0 Å². The van der Waals surface area contributed by atoms with Gasteiger partial charge in [0.1, 0.15) is 17.2 Å². The van der Waals surface area contributed by atoms with Crippen LogP contribution in [0.3, 0.4) is 0 Å². The van der Waals surface area contributed by atoms with Crippen molar-refractivity contribution in [2.24, 2.45) is 0 Å². The number of hydrogen-bond donors (Lipinski definition) is 0.